The molecule has 0 radical (unpaired) electrons. The van der Waals surface area contributed by atoms with Gasteiger partial charge < -0.3 is 0 Å². The fourth-order valence-electron chi connectivity index (χ4n) is 1.04. The van der Waals surface area contributed by atoms with Gasteiger partial charge in [-0.25, -0.2) is 0 Å². The Hall–Kier alpha value is 0.360. The van der Waals surface area contributed by atoms with Crippen LogP contribution in [0, 0.1) is 10.1 Å². The summed E-state index contributed by atoms with van der Waals surface area (Å²) in [6.45, 7) is 0. The SMILES string of the molecule is O=[N+]([O-])c1cc(C(Cl)(Cl)Cl)cc(C(Cl)(Cl)Cl)c1. The van der Waals surface area contributed by atoms with Gasteiger partial charge in [-0.15, -0.1) is 0 Å². The second-order valence-electron chi connectivity index (χ2n) is 3.02. The molecule has 17 heavy (non-hydrogen) atoms. The summed E-state index contributed by atoms with van der Waals surface area (Å²) in [6.07, 6.45) is 0. The zero-order chi connectivity index (χ0) is 13.4. The van der Waals surface area contributed by atoms with Crippen molar-refractivity contribution in [2.75, 3.05) is 0 Å². The Bertz CT molecular complexity index is 418. The highest BCUT2D eigenvalue weighted by Gasteiger charge is 2.31. The number of nitro benzene ring substituents is 1. The normalized spacial score (nSPS) is 12.6. The maximum Gasteiger partial charge on any atom is 0.270 e. The Labute approximate surface area is 127 Å². The van der Waals surface area contributed by atoms with Gasteiger partial charge in [0.15, 0.2) is 0 Å². The molecule has 0 bridgehead atoms. The Morgan fingerprint density at radius 1 is 0.882 bits per heavy atom. The molecule has 0 saturated heterocycles. The molecule has 1 aromatic carbocycles. The summed E-state index contributed by atoms with van der Waals surface area (Å²) in [5.74, 6) is 0. The summed E-state index contributed by atoms with van der Waals surface area (Å²) in [4.78, 5) is 10.0. The highest BCUT2D eigenvalue weighted by Crippen LogP contribution is 2.44. The lowest BCUT2D eigenvalue weighted by Crippen LogP contribution is -2.07. The van der Waals surface area contributed by atoms with Gasteiger partial charge in [-0.3, -0.25) is 10.1 Å². The van der Waals surface area contributed by atoms with Crippen LogP contribution in [0.5, 0.6) is 0 Å². The highest BCUT2D eigenvalue weighted by molar-refractivity contribution is 6.67. The molecule has 0 atom stereocenters. The third-order valence-electron chi connectivity index (χ3n) is 1.78. The Morgan fingerprint density at radius 2 is 1.24 bits per heavy atom. The van der Waals surface area contributed by atoms with Crippen LogP contribution in [-0.2, 0) is 7.59 Å². The molecular weight excluding hydrogens is 355 g/mol. The maximum absolute atomic E-state index is 10.7. The van der Waals surface area contributed by atoms with Crippen molar-refractivity contribution in [2.24, 2.45) is 0 Å². The van der Waals surface area contributed by atoms with E-state index in [1.54, 1.807) is 0 Å². The van der Waals surface area contributed by atoms with Gasteiger partial charge in [-0.1, -0.05) is 69.6 Å². The van der Waals surface area contributed by atoms with Gasteiger partial charge in [0.25, 0.3) is 5.69 Å². The quantitative estimate of drug-likeness (QED) is 0.391. The Balaban J connectivity index is 3.45. The molecule has 3 nitrogen and oxygen atoms in total. The number of rotatable bonds is 1. The fourth-order valence-corrected chi connectivity index (χ4v) is 1.70. The van der Waals surface area contributed by atoms with E-state index >= 15 is 0 Å². The molecular formula is C8H3Cl6NO2. The van der Waals surface area contributed by atoms with E-state index in [0.29, 0.717) is 0 Å². The minimum atomic E-state index is -1.84. The van der Waals surface area contributed by atoms with Gasteiger partial charge in [0.05, 0.1) is 4.92 Å². The number of halogens is 6. The minimum absolute atomic E-state index is 0.0537. The first-order chi connectivity index (χ1) is 7.51. The first-order valence-corrected chi connectivity index (χ1v) is 6.22. The van der Waals surface area contributed by atoms with E-state index in [2.05, 4.69) is 0 Å². The van der Waals surface area contributed by atoms with E-state index in [1.807, 2.05) is 0 Å². The monoisotopic (exact) mass is 355 g/mol. The zero-order valence-corrected chi connectivity index (χ0v) is 12.3. The summed E-state index contributed by atoms with van der Waals surface area (Å²) < 4.78 is -3.67. The number of alkyl halides is 6. The summed E-state index contributed by atoms with van der Waals surface area (Å²) in [5.41, 5.74) is -0.216. The van der Waals surface area contributed by atoms with Crippen LogP contribution in [-0.4, -0.2) is 4.92 Å². The summed E-state index contributed by atoms with van der Waals surface area (Å²) in [5, 5.41) is 10.7. The molecule has 9 heteroatoms. The van der Waals surface area contributed by atoms with E-state index in [1.165, 1.54) is 6.07 Å². The van der Waals surface area contributed by atoms with Crippen molar-refractivity contribution in [3.63, 3.8) is 0 Å². The van der Waals surface area contributed by atoms with Crippen LogP contribution >= 0.6 is 69.6 Å². The molecule has 0 spiro atoms. The lowest BCUT2D eigenvalue weighted by Gasteiger charge is -2.16. The molecule has 0 saturated carbocycles. The number of benzene rings is 1. The molecule has 0 aliphatic heterocycles. The minimum Gasteiger partial charge on any atom is -0.258 e. The van der Waals surface area contributed by atoms with Crippen LogP contribution in [0.4, 0.5) is 5.69 Å². The van der Waals surface area contributed by atoms with Crippen molar-refractivity contribution in [3.05, 3.63) is 39.4 Å². The first-order valence-electron chi connectivity index (χ1n) is 3.95. The van der Waals surface area contributed by atoms with E-state index in [9.17, 15) is 10.1 Å². The van der Waals surface area contributed by atoms with Crippen molar-refractivity contribution in [1.82, 2.24) is 0 Å². The average Bonchev–Trinajstić information content (AvgIpc) is 2.14. The van der Waals surface area contributed by atoms with Gasteiger partial charge in [0, 0.05) is 23.3 Å². The van der Waals surface area contributed by atoms with Gasteiger partial charge in [-0.2, -0.15) is 0 Å². The molecule has 0 fully saturated rings. The van der Waals surface area contributed by atoms with Crippen molar-refractivity contribution >= 4 is 75.3 Å². The second-order valence-corrected chi connectivity index (χ2v) is 7.58. The molecule has 0 aliphatic carbocycles. The van der Waals surface area contributed by atoms with E-state index in [0.717, 1.165) is 12.1 Å². The van der Waals surface area contributed by atoms with Crippen LogP contribution < -0.4 is 0 Å². The largest absolute Gasteiger partial charge is 0.270 e. The van der Waals surface area contributed by atoms with Crippen LogP contribution in [0.3, 0.4) is 0 Å². The van der Waals surface area contributed by atoms with Crippen molar-refractivity contribution in [1.29, 1.82) is 0 Å². The lowest BCUT2D eigenvalue weighted by molar-refractivity contribution is -0.385. The smallest absolute Gasteiger partial charge is 0.258 e. The van der Waals surface area contributed by atoms with Crippen LogP contribution in [0.2, 0.25) is 0 Å². The Morgan fingerprint density at radius 3 is 1.47 bits per heavy atom. The molecule has 1 rings (SSSR count). The van der Waals surface area contributed by atoms with Gasteiger partial charge in [0.2, 0.25) is 7.59 Å². The Kier molecular flexibility index (Phi) is 4.68. The molecule has 1 aromatic rings. The van der Waals surface area contributed by atoms with Crippen molar-refractivity contribution < 1.29 is 4.92 Å². The van der Waals surface area contributed by atoms with Gasteiger partial charge in [0.1, 0.15) is 0 Å². The molecule has 0 N–H and O–H groups in total. The average molecular weight is 358 g/mol. The standard InChI is InChI=1S/C8H3Cl6NO2/c9-7(10,11)4-1-5(8(12,13)14)3-6(2-4)15(16)17/h1-3H. The van der Waals surface area contributed by atoms with Crippen LogP contribution in [0.25, 0.3) is 0 Å². The second kappa shape index (κ2) is 5.16. The molecule has 0 aliphatic rings. The summed E-state index contributed by atoms with van der Waals surface area (Å²) >= 11 is 33.8. The predicted molar refractivity (Wildman–Crippen MR) is 71.6 cm³/mol. The summed E-state index contributed by atoms with van der Waals surface area (Å²) in [7, 11) is 0. The number of hydrogen-bond acceptors (Lipinski definition) is 2. The van der Waals surface area contributed by atoms with E-state index < -0.39 is 12.5 Å². The third-order valence-corrected chi connectivity index (χ3v) is 3.09. The topological polar surface area (TPSA) is 43.1 Å². The summed E-state index contributed by atoms with van der Waals surface area (Å²) in [6, 6.07) is 3.49. The maximum atomic E-state index is 10.7. The number of nitrogens with zero attached hydrogens (tertiary/aromatic N) is 1. The fraction of sp³-hybridized carbons (Fsp3) is 0.250. The van der Waals surface area contributed by atoms with Crippen LogP contribution in [0.1, 0.15) is 11.1 Å². The zero-order valence-electron chi connectivity index (χ0n) is 7.76. The van der Waals surface area contributed by atoms with Crippen molar-refractivity contribution in [2.45, 2.75) is 7.59 Å². The molecule has 0 unspecified atom stereocenters. The first kappa shape index (κ1) is 15.4. The highest BCUT2D eigenvalue weighted by atomic mass is 35.6. The lowest BCUT2D eigenvalue weighted by atomic mass is 10.1. The number of hydrogen-bond donors (Lipinski definition) is 0. The molecule has 94 valence electrons. The third kappa shape index (κ3) is 4.19. The van der Waals surface area contributed by atoms with Crippen molar-refractivity contribution in [3.8, 4) is 0 Å². The van der Waals surface area contributed by atoms with Crippen LogP contribution in [0.15, 0.2) is 18.2 Å². The predicted octanol–water partition coefficient (Wildman–Crippen LogP) is 5.25. The van der Waals surface area contributed by atoms with E-state index in [4.69, 9.17) is 69.6 Å². The van der Waals surface area contributed by atoms with Gasteiger partial charge >= 0.3 is 0 Å². The molecule has 0 amide bonds. The molecule has 0 aromatic heterocycles. The number of nitro groups is 1. The van der Waals surface area contributed by atoms with Gasteiger partial charge in [-0.05, 0) is 6.07 Å². The molecule has 0 heterocycles. The number of non-ortho nitro benzene ring substituents is 1. The van der Waals surface area contributed by atoms with E-state index in [-0.39, 0.29) is 16.8 Å².